The summed E-state index contributed by atoms with van der Waals surface area (Å²) in [5, 5.41) is 11.1. The van der Waals surface area contributed by atoms with Crippen molar-refractivity contribution in [3.63, 3.8) is 0 Å². The number of ketones is 1. The average molecular weight is 612 g/mol. The van der Waals surface area contributed by atoms with E-state index < -0.39 is 17.8 Å². The number of methoxy groups -OCH3 is 1. The predicted octanol–water partition coefficient (Wildman–Crippen LogP) is 5.46. The number of ether oxygens (including phenoxy) is 3. The maximum atomic E-state index is 13.9. The van der Waals surface area contributed by atoms with Crippen LogP contribution in [0.1, 0.15) is 81.1 Å². The normalized spacial score (nSPS) is 12.2. The van der Waals surface area contributed by atoms with Crippen LogP contribution in [0.15, 0.2) is 55.1 Å². The van der Waals surface area contributed by atoms with E-state index in [1.165, 1.54) is 13.2 Å². The Morgan fingerprint density at radius 1 is 1.00 bits per heavy atom. The molecule has 1 heterocycles. The van der Waals surface area contributed by atoms with E-state index in [1.807, 2.05) is 0 Å². The molecule has 1 amide bonds. The van der Waals surface area contributed by atoms with Crippen LogP contribution < -0.4 is 10.1 Å². The zero-order valence-corrected chi connectivity index (χ0v) is 25.7. The number of pyridine rings is 1. The molecule has 2 N–H and O–H groups in total. The maximum absolute atomic E-state index is 13.9. The summed E-state index contributed by atoms with van der Waals surface area (Å²) in [5.41, 5.74) is 2.88. The molecule has 3 aromatic rings. The molecule has 0 spiro atoms. The van der Waals surface area contributed by atoms with Crippen molar-refractivity contribution in [3.8, 4) is 16.9 Å². The van der Waals surface area contributed by atoms with Crippen LogP contribution in [0.3, 0.4) is 0 Å². The van der Waals surface area contributed by atoms with E-state index in [4.69, 9.17) is 19.6 Å². The van der Waals surface area contributed by atoms with E-state index in [0.29, 0.717) is 51.6 Å². The Morgan fingerprint density at radius 3 is 2.33 bits per heavy atom. The molecule has 0 unspecified atom stereocenters. The average Bonchev–Trinajstić information content (AvgIpc) is 3.88. The fraction of sp³-hybridized carbons (Fsp3) is 0.314. The number of nitrogens with zero attached hydrogens (tertiary/aromatic N) is 1. The third-order valence-corrected chi connectivity index (χ3v) is 7.32. The van der Waals surface area contributed by atoms with Gasteiger partial charge in [-0.05, 0) is 73.6 Å². The molecule has 234 valence electrons. The molecule has 4 rings (SSSR count). The van der Waals surface area contributed by atoms with Gasteiger partial charge in [0.05, 0.1) is 26.7 Å². The standard InChI is InChI=1S/C35H37N3O7/c1-5-23-17-27(30(39)16-21-10-12-24(13-11-21)28(36)19-32(40)44-6-2)26(18-31(23)43-4)25-14-15-29(34(41)37-20-22-8-9-22)38-33(25)35(42)45-7-3/h5,10-15,17-18,22,36H,1,6-9,16,19-20H2,2-4H3,(H,37,41). The molecule has 10 nitrogen and oxygen atoms in total. The summed E-state index contributed by atoms with van der Waals surface area (Å²) in [5.74, 6) is -0.956. The molecular weight excluding hydrogens is 574 g/mol. The van der Waals surface area contributed by atoms with Gasteiger partial charge in [-0.3, -0.25) is 14.4 Å². The summed E-state index contributed by atoms with van der Waals surface area (Å²) in [4.78, 5) is 56.0. The van der Waals surface area contributed by atoms with Crippen LogP contribution in [-0.4, -0.2) is 61.2 Å². The van der Waals surface area contributed by atoms with Crippen molar-refractivity contribution in [3.05, 3.63) is 88.8 Å². The van der Waals surface area contributed by atoms with Crippen LogP contribution in [-0.2, 0) is 20.7 Å². The summed E-state index contributed by atoms with van der Waals surface area (Å²) in [6.45, 7) is 8.10. The Morgan fingerprint density at radius 2 is 1.71 bits per heavy atom. The number of Topliss-reactive ketones (excluding diaryl/α,β-unsaturated/α-hetero) is 1. The second-order valence-corrected chi connectivity index (χ2v) is 10.6. The van der Waals surface area contributed by atoms with Gasteiger partial charge in [-0.2, -0.15) is 0 Å². The summed E-state index contributed by atoms with van der Waals surface area (Å²) < 4.78 is 15.8. The quantitative estimate of drug-likeness (QED) is 0.131. The Hall–Kier alpha value is -5.12. The van der Waals surface area contributed by atoms with Crippen molar-refractivity contribution >= 4 is 35.4 Å². The van der Waals surface area contributed by atoms with E-state index >= 15 is 0 Å². The lowest BCUT2D eigenvalue weighted by molar-refractivity contribution is -0.141. The molecule has 0 atom stereocenters. The molecule has 0 aliphatic heterocycles. The Labute approximate surface area is 262 Å². The Kier molecular flexibility index (Phi) is 11.0. The minimum atomic E-state index is -0.727. The van der Waals surface area contributed by atoms with Crippen LogP contribution >= 0.6 is 0 Å². The zero-order valence-electron chi connectivity index (χ0n) is 25.7. The number of rotatable bonds is 15. The molecule has 1 saturated carbocycles. The number of carbonyl (C=O) groups is 4. The van der Waals surface area contributed by atoms with Gasteiger partial charge in [-0.15, -0.1) is 0 Å². The zero-order chi connectivity index (χ0) is 32.5. The Bertz CT molecular complexity index is 1620. The van der Waals surface area contributed by atoms with Gasteiger partial charge < -0.3 is 24.9 Å². The van der Waals surface area contributed by atoms with Crippen LogP contribution in [0.2, 0.25) is 0 Å². The molecule has 1 aromatic heterocycles. The summed E-state index contributed by atoms with van der Waals surface area (Å²) in [6, 6.07) is 13.2. The van der Waals surface area contributed by atoms with E-state index in [9.17, 15) is 19.2 Å². The van der Waals surface area contributed by atoms with Crippen molar-refractivity contribution in [2.45, 2.75) is 39.5 Å². The van der Waals surface area contributed by atoms with Gasteiger partial charge in [0.25, 0.3) is 5.91 Å². The number of benzene rings is 2. The van der Waals surface area contributed by atoms with Crippen LogP contribution in [0, 0.1) is 11.3 Å². The molecule has 10 heteroatoms. The summed E-state index contributed by atoms with van der Waals surface area (Å²) in [6.07, 6.45) is 3.57. The van der Waals surface area contributed by atoms with Crippen molar-refractivity contribution in [1.29, 1.82) is 5.41 Å². The third kappa shape index (κ3) is 8.29. The number of aromatic nitrogens is 1. The van der Waals surface area contributed by atoms with Gasteiger partial charge in [0.2, 0.25) is 0 Å². The van der Waals surface area contributed by atoms with E-state index in [0.717, 1.165) is 12.8 Å². The summed E-state index contributed by atoms with van der Waals surface area (Å²) in [7, 11) is 1.49. The minimum Gasteiger partial charge on any atom is -0.496 e. The monoisotopic (exact) mass is 611 g/mol. The van der Waals surface area contributed by atoms with Gasteiger partial charge in [0.1, 0.15) is 11.4 Å². The van der Waals surface area contributed by atoms with Gasteiger partial charge in [-0.25, -0.2) is 9.78 Å². The Balaban J connectivity index is 1.70. The second-order valence-electron chi connectivity index (χ2n) is 10.6. The van der Waals surface area contributed by atoms with Crippen molar-refractivity contribution in [2.75, 3.05) is 26.9 Å². The topological polar surface area (TPSA) is 145 Å². The van der Waals surface area contributed by atoms with Crippen molar-refractivity contribution in [1.82, 2.24) is 10.3 Å². The number of amides is 1. The molecular formula is C35H37N3O7. The number of nitrogens with one attached hydrogen (secondary N) is 2. The number of carbonyl (C=O) groups excluding carboxylic acids is 4. The van der Waals surface area contributed by atoms with Gasteiger partial charge in [0, 0.05) is 35.4 Å². The molecule has 0 radical (unpaired) electrons. The summed E-state index contributed by atoms with van der Waals surface area (Å²) >= 11 is 0. The molecule has 2 aromatic carbocycles. The SMILES string of the molecule is C=Cc1cc(C(=O)Cc2ccc(C(=N)CC(=O)OCC)cc2)c(-c2ccc(C(=O)NCC3CC3)nc2C(=O)OCC)cc1OC. The maximum Gasteiger partial charge on any atom is 0.357 e. The number of hydrogen-bond donors (Lipinski definition) is 2. The highest BCUT2D eigenvalue weighted by molar-refractivity contribution is 6.09. The molecule has 1 aliphatic carbocycles. The van der Waals surface area contributed by atoms with E-state index in [2.05, 4.69) is 16.9 Å². The van der Waals surface area contributed by atoms with Gasteiger partial charge in [-0.1, -0.05) is 36.9 Å². The molecule has 0 saturated heterocycles. The van der Waals surface area contributed by atoms with Gasteiger partial charge >= 0.3 is 11.9 Å². The second kappa shape index (κ2) is 15.1. The van der Waals surface area contributed by atoms with Crippen molar-refractivity contribution < 1.29 is 33.4 Å². The fourth-order valence-electron chi connectivity index (χ4n) is 4.76. The van der Waals surface area contributed by atoms with Crippen LogP contribution in [0.4, 0.5) is 0 Å². The molecule has 45 heavy (non-hydrogen) atoms. The first kappa shape index (κ1) is 32.8. The highest BCUT2D eigenvalue weighted by Gasteiger charge is 2.26. The van der Waals surface area contributed by atoms with E-state index in [1.54, 1.807) is 62.4 Å². The fourth-order valence-corrected chi connectivity index (χ4v) is 4.76. The largest absolute Gasteiger partial charge is 0.496 e. The molecule has 0 bridgehead atoms. The smallest absolute Gasteiger partial charge is 0.357 e. The lowest BCUT2D eigenvalue weighted by Crippen LogP contribution is -2.27. The van der Waals surface area contributed by atoms with Gasteiger partial charge in [0.15, 0.2) is 11.5 Å². The number of esters is 2. The first-order valence-electron chi connectivity index (χ1n) is 14.9. The molecule has 1 aliphatic rings. The first-order valence-corrected chi connectivity index (χ1v) is 14.9. The molecule has 1 fully saturated rings. The number of hydrogen-bond acceptors (Lipinski definition) is 9. The van der Waals surface area contributed by atoms with E-state index in [-0.39, 0.29) is 48.9 Å². The van der Waals surface area contributed by atoms with Crippen LogP contribution in [0.5, 0.6) is 5.75 Å². The lowest BCUT2D eigenvalue weighted by Gasteiger charge is -2.17. The highest BCUT2D eigenvalue weighted by atomic mass is 16.5. The predicted molar refractivity (Wildman–Crippen MR) is 170 cm³/mol. The minimum absolute atomic E-state index is 0.00518. The first-order chi connectivity index (χ1) is 21.7. The lowest BCUT2D eigenvalue weighted by atomic mass is 9.90. The third-order valence-electron chi connectivity index (χ3n) is 7.32. The van der Waals surface area contributed by atoms with Crippen molar-refractivity contribution in [2.24, 2.45) is 5.92 Å². The van der Waals surface area contributed by atoms with Crippen LogP contribution in [0.25, 0.3) is 17.2 Å². The highest BCUT2D eigenvalue weighted by Crippen LogP contribution is 2.35.